The second kappa shape index (κ2) is 7.31. The standard InChI is InChI=1S/C16H24N2O4S/c1-12-5-4-6-15(13(12)2)22-11-16(19)17-14-7-9-18(10-8-14)23(3,20)21/h4-6,14H,7-11H2,1-3H3,(H,17,19). The quantitative estimate of drug-likeness (QED) is 0.874. The van der Waals surface area contributed by atoms with Crippen LogP contribution in [0.4, 0.5) is 0 Å². The topological polar surface area (TPSA) is 75.7 Å². The Balaban J connectivity index is 1.79. The van der Waals surface area contributed by atoms with Crippen molar-refractivity contribution in [2.45, 2.75) is 32.7 Å². The van der Waals surface area contributed by atoms with Gasteiger partial charge in [-0.1, -0.05) is 12.1 Å². The van der Waals surface area contributed by atoms with E-state index in [-0.39, 0.29) is 18.6 Å². The molecular weight excluding hydrogens is 316 g/mol. The number of amides is 1. The number of nitrogens with one attached hydrogen (secondary N) is 1. The Morgan fingerprint density at radius 1 is 1.30 bits per heavy atom. The van der Waals surface area contributed by atoms with E-state index in [0.29, 0.717) is 31.7 Å². The summed E-state index contributed by atoms with van der Waals surface area (Å²) < 4.78 is 29.9. The molecule has 1 aromatic carbocycles. The summed E-state index contributed by atoms with van der Waals surface area (Å²) in [4.78, 5) is 12.0. The molecule has 23 heavy (non-hydrogen) atoms. The molecule has 1 aliphatic rings. The maximum absolute atomic E-state index is 12.0. The molecule has 0 unspecified atom stereocenters. The Hall–Kier alpha value is -1.60. The van der Waals surface area contributed by atoms with Crippen molar-refractivity contribution in [3.8, 4) is 5.75 Å². The molecule has 1 saturated heterocycles. The summed E-state index contributed by atoms with van der Waals surface area (Å²) in [5.41, 5.74) is 2.15. The van der Waals surface area contributed by atoms with Gasteiger partial charge in [-0.25, -0.2) is 12.7 Å². The van der Waals surface area contributed by atoms with Crippen LogP contribution in [0, 0.1) is 13.8 Å². The minimum Gasteiger partial charge on any atom is -0.483 e. The van der Waals surface area contributed by atoms with Crippen molar-refractivity contribution < 1.29 is 17.9 Å². The van der Waals surface area contributed by atoms with Crippen molar-refractivity contribution in [2.75, 3.05) is 26.0 Å². The molecule has 128 valence electrons. The fourth-order valence-corrected chi connectivity index (χ4v) is 3.50. The van der Waals surface area contributed by atoms with E-state index < -0.39 is 10.0 Å². The van der Waals surface area contributed by atoms with Gasteiger partial charge in [0.15, 0.2) is 6.61 Å². The van der Waals surface area contributed by atoms with Crippen molar-refractivity contribution in [3.63, 3.8) is 0 Å². The number of ether oxygens (including phenoxy) is 1. The predicted molar refractivity (Wildman–Crippen MR) is 89.0 cm³/mol. The molecule has 1 aromatic rings. The van der Waals surface area contributed by atoms with Crippen LogP contribution in [0.15, 0.2) is 18.2 Å². The number of aryl methyl sites for hydroxylation is 1. The predicted octanol–water partition coefficient (Wildman–Crippen LogP) is 1.22. The highest BCUT2D eigenvalue weighted by Gasteiger charge is 2.25. The van der Waals surface area contributed by atoms with Gasteiger partial charge in [0.2, 0.25) is 10.0 Å². The highest BCUT2D eigenvalue weighted by Crippen LogP contribution is 2.20. The van der Waals surface area contributed by atoms with Gasteiger partial charge in [-0.05, 0) is 43.9 Å². The van der Waals surface area contributed by atoms with Gasteiger partial charge in [-0.2, -0.15) is 0 Å². The lowest BCUT2D eigenvalue weighted by Crippen LogP contribution is -2.47. The summed E-state index contributed by atoms with van der Waals surface area (Å²) >= 11 is 0. The molecule has 0 radical (unpaired) electrons. The molecule has 0 saturated carbocycles. The molecule has 0 aliphatic carbocycles. The molecule has 0 bridgehead atoms. The van der Waals surface area contributed by atoms with Crippen molar-refractivity contribution >= 4 is 15.9 Å². The zero-order valence-corrected chi connectivity index (χ0v) is 14.6. The largest absolute Gasteiger partial charge is 0.483 e. The van der Waals surface area contributed by atoms with Gasteiger partial charge in [0.05, 0.1) is 6.26 Å². The van der Waals surface area contributed by atoms with E-state index in [0.717, 1.165) is 11.1 Å². The van der Waals surface area contributed by atoms with Gasteiger partial charge in [0.25, 0.3) is 5.91 Å². The zero-order chi connectivity index (χ0) is 17.0. The Labute approximate surface area is 137 Å². The van der Waals surface area contributed by atoms with Gasteiger partial charge in [0, 0.05) is 19.1 Å². The minimum absolute atomic E-state index is 0.00251. The number of benzene rings is 1. The SMILES string of the molecule is Cc1cccc(OCC(=O)NC2CCN(S(C)(=O)=O)CC2)c1C. The number of carbonyl (C=O) groups excluding carboxylic acids is 1. The first kappa shape index (κ1) is 17.7. The second-order valence-electron chi connectivity index (χ2n) is 5.99. The molecule has 1 N–H and O–H groups in total. The summed E-state index contributed by atoms with van der Waals surface area (Å²) in [7, 11) is -3.14. The average Bonchev–Trinajstić information content (AvgIpc) is 2.48. The molecule has 0 atom stereocenters. The molecule has 7 heteroatoms. The Morgan fingerprint density at radius 2 is 1.96 bits per heavy atom. The van der Waals surface area contributed by atoms with E-state index >= 15 is 0 Å². The van der Waals surface area contributed by atoms with Crippen LogP contribution in [0.25, 0.3) is 0 Å². The molecule has 1 amide bonds. The van der Waals surface area contributed by atoms with E-state index in [4.69, 9.17) is 4.74 Å². The summed E-state index contributed by atoms with van der Waals surface area (Å²) in [6, 6.07) is 5.75. The van der Waals surface area contributed by atoms with E-state index in [9.17, 15) is 13.2 Å². The molecular formula is C16H24N2O4S. The van der Waals surface area contributed by atoms with Crippen LogP contribution in [-0.4, -0.2) is 50.6 Å². The lowest BCUT2D eigenvalue weighted by molar-refractivity contribution is -0.124. The van der Waals surface area contributed by atoms with E-state index in [1.54, 1.807) is 0 Å². The molecule has 1 fully saturated rings. The van der Waals surface area contributed by atoms with Crippen LogP contribution < -0.4 is 10.1 Å². The first-order valence-corrected chi connectivity index (χ1v) is 9.55. The third kappa shape index (κ3) is 4.94. The number of hydrogen-bond acceptors (Lipinski definition) is 4. The van der Waals surface area contributed by atoms with Crippen LogP contribution in [0.3, 0.4) is 0 Å². The molecule has 2 rings (SSSR count). The third-order valence-corrected chi connectivity index (χ3v) is 5.50. The van der Waals surface area contributed by atoms with Crippen LogP contribution >= 0.6 is 0 Å². The van der Waals surface area contributed by atoms with Crippen molar-refractivity contribution in [1.82, 2.24) is 9.62 Å². The number of piperidine rings is 1. The van der Waals surface area contributed by atoms with Crippen molar-refractivity contribution in [3.05, 3.63) is 29.3 Å². The summed E-state index contributed by atoms with van der Waals surface area (Å²) in [6.07, 6.45) is 2.47. The average molecular weight is 340 g/mol. The second-order valence-corrected chi connectivity index (χ2v) is 7.97. The highest BCUT2D eigenvalue weighted by molar-refractivity contribution is 7.88. The van der Waals surface area contributed by atoms with E-state index in [1.165, 1.54) is 10.6 Å². The highest BCUT2D eigenvalue weighted by atomic mass is 32.2. The van der Waals surface area contributed by atoms with Crippen molar-refractivity contribution in [2.24, 2.45) is 0 Å². The number of nitrogens with zero attached hydrogens (tertiary/aromatic N) is 1. The lowest BCUT2D eigenvalue weighted by atomic mass is 10.1. The molecule has 1 aliphatic heterocycles. The van der Waals surface area contributed by atoms with Crippen molar-refractivity contribution in [1.29, 1.82) is 0 Å². The van der Waals surface area contributed by atoms with Gasteiger partial charge >= 0.3 is 0 Å². The molecule has 0 spiro atoms. The van der Waals surface area contributed by atoms with Gasteiger partial charge < -0.3 is 10.1 Å². The van der Waals surface area contributed by atoms with E-state index in [1.807, 2.05) is 32.0 Å². The Kier molecular flexibility index (Phi) is 5.64. The van der Waals surface area contributed by atoms with Gasteiger partial charge in [0.1, 0.15) is 5.75 Å². The number of hydrogen-bond donors (Lipinski definition) is 1. The fraction of sp³-hybridized carbons (Fsp3) is 0.562. The number of rotatable bonds is 5. The molecule has 6 nitrogen and oxygen atoms in total. The fourth-order valence-electron chi connectivity index (χ4n) is 2.62. The van der Waals surface area contributed by atoms with Gasteiger partial charge in [-0.15, -0.1) is 0 Å². The van der Waals surface area contributed by atoms with Crippen LogP contribution in [0.2, 0.25) is 0 Å². The summed E-state index contributed by atoms with van der Waals surface area (Å²) in [5.74, 6) is 0.538. The summed E-state index contributed by atoms with van der Waals surface area (Å²) in [6.45, 7) is 4.82. The van der Waals surface area contributed by atoms with Crippen LogP contribution in [-0.2, 0) is 14.8 Å². The maximum Gasteiger partial charge on any atom is 0.258 e. The Morgan fingerprint density at radius 3 is 2.57 bits per heavy atom. The monoisotopic (exact) mass is 340 g/mol. The van der Waals surface area contributed by atoms with Gasteiger partial charge in [-0.3, -0.25) is 4.79 Å². The first-order valence-electron chi connectivity index (χ1n) is 7.71. The first-order chi connectivity index (χ1) is 10.8. The molecule has 0 aromatic heterocycles. The maximum atomic E-state index is 12.0. The third-order valence-electron chi connectivity index (χ3n) is 4.20. The van der Waals surface area contributed by atoms with Crippen LogP contribution in [0.1, 0.15) is 24.0 Å². The Bertz CT molecular complexity index is 665. The van der Waals surface area contributed by atoms with Crippen LogP contribution in [0.5, 0.6) is 5.75 Å². The smallest absolute Gasteiger partial charge is 0.258 e. The summed E-state index contributed by atoms with van der Waals surface area (Å²) in [5, 5.41) is 2.91. The molecule has 1 heterocycles. The number of sulfonamides is 1. The zero-order valence-electron chi connectivity index (χ0n) is 13.8. The minimum atomic E-state index is -3.14. The van der Waals surface area contributed by atoms with E-state index in [2.05, 4.69) is 5.32 Å². The number of carbonyl (C=O) groups is 1. The normalized spacial score (nSPS) is 17.0. The lowest BCUT2D eigenvalue weighted by Gasteiger charge is -2.30.